The Morgan fingerprint density at radius 2 is 2.00 bits per heavy atom. The number of piperidine rings is 1. The van der Waals surface area contributed by atoms with Crippen molar-refractivity contribution in [1.29, 1.82) is 0 Å². The maximum atomic E-state index is 13.9. The SMILES string of the molecule is COc1nc(C(=O)N2CC[C@]3(c4cccc(F)c4)OCOC3C2)ccc1O[C@@H]1CC2[C@H](C1)C2(F)F. The van der Waals surface area contributed by atoms with Crippen molar-refractivity contribution in [2.75, 3.05) is 27.0 Å². The Kier molecular flexibility index (Phi) is 5.23. The molecule has 2 saturated heterocycles. The fraction of sp³-hybridized carbons (Fsp3) is 0.520. The number of methoxy groups -OCH3 is 1. The number of hydrogen-bond acceptors (Lipinski definition) is 6. The van der Waals surface area contributed by atoms with Crippen molar-refractivity contribution in [1.82, 2.24) is 9.88 Å². The molecule has 10 heteroatoms. The molecule has 0 N–H and O–H groups in total. The lowest BCUT2D eigenvalue weighted by atomic mass is 9.82. The standard InChI is InChI=1S/C25H25F3N2O5/c1-32-22-20(35-16-10-17-18(11-16)25(17,27)28)6-5-19(29-22)23(31)30-8-7-24(21(12-30)33-13-34-24)14-3-2-4-15(26)9-14/h2-6,9,16-18,21H,7-8,10-13H2,1H3/t16-,17-,18?,21?,24+/m0/s1. The molecule has 1 aromatic carbocycles. The molecule has 7 nitrogen and oxygen atoms in total. The number of pyridine rings is 1. The number of rotatable bonds is 5. The number of aromatic nitrogens is 1. The van der Waals surface area contributed by atoms with Crippen LogP contribution in [0.3, 0.4) is 0 Å². The molecule has 0 radical (unpaired) electrons. The van der Waals surface area contributed by atoms with Gasteiger partial charge in [0, 0.05) is 24.8 Å². The summed E-state index contributed by atoms with van der Waals surface area (Å²) in [6.45, 7) is 0.698. The molecule has 186 valence electrons. The van der Waals surface area contributed by atoms with Crippen molar-refractivity contribution in [3.8, 4) is 11.6 Å². The van der Waals surface area contributed by atoms with Crippen LogP contribution in [-0.4, -0.2) is 60.9 Å². The number of amides is 1. The van der Waals surface area contributed by atoms with E-state index in [0.29, 0.717) is 37.1 Å². The van der Waals surface area contributed by atoms with E-state index < -0.39 is 29.5 Å². The Morgan fingerprint density at radius 1 is 1.20 bits per heavy atom. The third kappa shape index (κ3) is 3.65. The lowest BCUT2D eigenvalue weighted by molar-refractivity contribution is -0.0441. The van der Waals surface area contributed by atoms with Crippen LogP contribution in [0.2, 0.25) is 0 Å². The lowest BCUT2D eigenvalue weighted by Gasteiger charge is -2.41. The zero-order chi connectivity index (χ0) is 24.4. The molecule has 1 amide bonds. The number of hydrogen-bond donors (Lipinski definition) is 0. The number of carbonyl (C=O) groups excluding carboxylic acids is 1. The molecule has 5 atom stereocenters. The zero-order valence-corrected chi connectivity index (χ0v) is 19.1. The quantitative estimate of drug-likeness (QED) is 0.636. The summed E-state index contributed by atoms with van der Waals surface area (Å²) < 4.78 is 63.7. The molecular weight excluding hydrogens is 465 g/mol. The number of fused-ring (bicyclic) bond motifs is 2. The van der Waals surface area contributed by atoms with E-state index in [1.807, 2.05) is 6.07 Å². The third-order valence-corrected chi connectivity index (χ3v) is 7.78. The second-order valence-electron chi connectivity index (χ2n) is 9.62. The van der Waals surface area contributed by atoms with Crippen LogP contribution in [0.4, 0.5) is 13.2 Å². The normalized spacial score (nSPS) is 32.6. The molecule has 4 aliphatic rings. The van der Waals surface area contributed by atoms with Crippen molar-refractivity contribution in [3.05, 3.63) is 53.5 Å². The molecule has 2 unspecified atom stereocenters. The summed E-state index contributed by atoms with van der Waals surface area (Å²) in [5, 5.41) is 0. The van der Waals surface area contributed by atoms with Crippen LogP contribution in [0, 0.1) is 17.7 Å². The average molecular weight is 490 g/mol. The van der Waals surface area contributed by atoms with Gasteiger partial charge in [-0.1, -0.05) is 12.1 Å². The van der Waals surface area contributed by atoms with E-state index in [0.717, 1.165) is 0 Å². The van der Waals surface area contributed by atoms with E-state index in [1.54, 1.807) is 23.1 Å². The van der Waals surface area contributed by atoms with Crippen LogP contribution in [0.25, 0.3) is 0 Å². The fourth-order valence-electron chi connectivity index (χ4n) is 5.81. The predicted octanol–water partition coefficient (Wildman–Crippen LogP) is 3.77. The first kappa shape index (κ1) is 22.6. The van der Waals surface area contributed by atoms with Gasteiger partial charge < -0.3 is 23.8 Å². The maximum absolute atomic E-state index is 13.9. The Balaban J connectivity index is 1.15. The molecule has 2 saturated carbocycles. The maximum Gasteiger partial charge on any atom is 0.272 e. The number of nitrogens with zero attached hydrogens (tertiary/aromatic N) is 2. The van der Waals surface area contributed by atoms with E-state index in [4.69, 9.17) is 18.9 Å². The van der Waals surface area contributed by atoms with Gasteiger partial charge in [0.25, 0.3) is 17.7 Å². The van der Waals surface area contributed by atoms with Crippen molar-refractivity contribution < 1.29 is 36.9 Å². The highest BCUT2D eigenvalue weighted by molar-refractivity contribution is 5.92. The van der Waals surface area contributed by atoms with Gasteiger partial charge in [0.2, 0.25) is 0 Å². The third-order valence-electron chi connectivity index (χ3n) is 7.78. The molecule has 2 aliphatic heterocycles. The first-order valence-corrected chi connectivity index (χ1v) is 11.7. The summed E-state index contributed by atoms with van der Waals surface area (Å²) in [6.07, 6.45) is 0.273. The van der Waals surface area contributed by atoms with Gasteiger partial charge in [0.05, 0.1) is 13.7 Å². The molecule has 0 spiro atoms. The molecular formula is C25H25F3N2O5. The van der Waals surface area contributed by atoms with Crippen LogP contribution in [0.15, 0.2) is 36.4 Å². The van der Waals surface area contributed by atoms with Gasteiger partial charge in [0.15, 0.2) is 5.75 Å². The highest BCUT2D eigenvalue weighted by atomic mass is 19.3. The van der Waals surface area contributed by atoms with Crippen LogP contribution >= 0.6 is 0 Å². The Morgan fingerprint density at radius 3 is 2.74 bits per heavy atom. The zero-order valence-electron chi connectivity index (χ0n) is 19.1. The summed E-state index contributed by atoms with van der Waals surface area (Å²) in [5.74, 6) is -3.97. The van der Waals surface area contributed by atoms with Crippen LogP contribution in [-0.2, 0) is 15.1 Å². The first-order valence-electron chi connectivity index (χ1n) is 11.7. The topological polar surface area (TPSA) is 70.1 Å². The second-order valence-corrected chi connectivity index (χ2v) is 9.62. The minimum absolute atomic E-state index is 0.0656. The van der Waals surface area contributed by atoms with Gasteiger partial charge in [-0.3, -0.25) is 4.79 Å². The largest absolute Gasteiger partial charge is 0.485 e. The molecule has 0 bridgehead atoms. The van der Waals surface area contributed by atoms with Crippen molar-refractivity contribution in [2.24, 2.45) is 11.8 Å². The first-order chi connectivity index (χ1) is 16.8. The number of ether oxygens (including phenoxy) is 4. The monoisotopic (exact) mass is 490 g/mol. The van der Waals surface area contributed by atoms with Crippen molar-refractivity contribution in [3.63, 3.8) is 0 Å². The number of alkyl halides is 2. The molecule has 6 rings (SSSR count). The molecule has 1 aromatic heterocycles. The van der Waals surface area contributed by atoms with Crippen LogP contribution < -0.4 is 9.47 Å². The molecule has 3 heterocycles. The summed E-state index contributed by atoms with van der Waals surface area (Å²) in [5.41, 5.74) is 0.0587. The highest BCUT2D eigenvalue weighted by Crippen LogP contribution is 2.64. The summed E-state index contributed by atoms with van der Waals surface area (Å²) in [7, 11) is 1.42. The van der Waals surface area contributed by atoms with Gasteiger partial charge in [-0.2, -0.15) is 0 Å². The highest BCUT2D eigenvalue weighted by Gasteiger charge is 2.72. The van der Waals surface area contributed by atoms with E-state index in [9.17, 15) is 18.0 Å². The molecule has 2 aromatic rings. The van der Waals surface area contributed by atoms with Gasteiger partial charge in [-0.15, -0.1) is 0 Å². The summed E-state index contributed by atoms with van der Waals surface area (Å²) in [6, 6.07) is 9.40. The average Bonchev–Trinajstić information content (AvgIpc) is 3.27. The van der Waals surface area contributed by atoms with Crippen LogP contribution in [0.5, 0.6) is 11.6 Å². The predicted molar refractivity (Wildman–Crippen MR) is 116 cm³/mol. The number of benzene rings is 1. The smallest absolute Gasteiger partial charge is 0.272 e. The molecule has 4 fully saturated rings. The Labute approximate surface area is 200 Å². The van der Waals surface area contributed by atoms with E-state index >= 15 is 0 Å². The molecule has 2 aliphatic carbocycles. The number of halogens is 3. The Bertz CT molecular complexity index is 1150. The lowest BCUT2D eigenvalue weighted by Crippen LogP contribution is -2.53. The second kappa shape index (κ2) is 8.09. The van der Waals surface area contributed by atoms with E-state index in [-0.39, 0.29) is 42.7 Å². The number of likely N-dealkylation sites (tertiary alicyclic amines) is 1. The van der Waals surface area contributed by atoms with E-state index in [2.05, 4.69) is 4.98 Å². The summed E-state index contributed by atoms with van der Waals surface area (Å²) >= 11 is 0. The summed E-state index contributed by atoms with van der Waals surface area (Å²) in [4.78, 5) is 19.2. The minimum Gasteiger partial charge on any atom is -0.485 e. The van der Waals surface area contributed by atoms with Gasteiger partial charge >= 0.3 is 0 Å². The molecule has 35 heavy (non-hydrogen) atoms. The number of carbonyl (C=O) groups is 1. The van der Waals surface area contributed by atoms with Gasteiger partial charge in [-0.25, -0.2) is 18.2 Å². The Hall–Kier alpha value is -2.85. The minimum atomic E-state index is -2.56. The van der Waals surface area contributed by atoms with Crippen molar-refractivity contribution >= 4 is 5.91 Å². The van der Waals surface area contributed by atoms with Gasteiger partial charge in [-0.05, 0) is 42.7 Å². The van der Waals surface area contributed by atoms with Crippen LogP contribution in [0.1, 0.15) is 35.3 Å². The van der Waals surface area contributed by atoms with Crippen molar-refractivity contribution in [2.45, 2.75) is 43.0 Å². The fourth-order valence-corrected chi connectivity index (χ4v) is 5.81. The van der Waals surface area contributed by atoms with Gasteiger partial charge in [0.1, 0.15) is 36.1 Å². The van der Waals surface area contributed by atoms with E-state index in [1.165, 1.54) is 19.2 Å².